The molecule has 0 spiro atoms. The Morgan fingerprint density at radius 1 is 1.33 bits per heavy atom. The van der Waals surface area contributed by atoms with E-state index in [-0.39, 0.29) is 12.0 Å². The Morgan fingerprint density at radius 2 is 2.07 bits per heavy atom. The molecule has 1 aromatic heterocycles. The molecule has 0 saturated carbocycles. The van der Waals surface area contributed by atoms with Crippen LogP contribution in [-0.4, -0.2) is 17.7 Å². The predicted molar refractivity (Wildman–Crippen MR) is 58.6 cm³/mol. The van der Waals surface area contributed by atoms with Gasteiger partial charge >= 0.3 is 0 Å². The zero-order chi connectivity index (χ0) is 11.3. The van der Waals surface area contributed by atoms with Crippen LogP contribution in [0.3, 0.4) is 0 Å². The van der Waals surface area contributed by atoms with E-state index in [1.54, 1.807) is 0 Å². The van der Waals surface area contributed by atoms with Gasteiger partial charge < -0.3 is 9.57 Å². The van der Waals surface area contributed by atoms with Gasteiger partial charge in [0.2, 0.25) is 5.88 Å². The van der Waals surface area contributed by atoms with Gasteiger partial charge in [-0.15, -0.1) is 0 Å². The first-order valence-corrected chi connectivity index (χ1v) is 5.08. The van der Waals surface area contributed by atoms with Crippen LogP contribution in [0.5, 0.6) is 5.88 Å². The molecule has 0 amide bonds. The van der Waals surface area contributed by atoms with Gasteiger partial charge in [-0.25, -0.2) is 10.9 Å². The topological polar surface area (TPSA) is 57.4 Å². The number of ether oxygens (including phenoxy) is 1. The standard InChI is InChI=1S/C11H18N2O2/c1-8(2)15-11-6-4-5-10(13-11)9(3)7-14-12/h4-6,8-9H,7,12H2,1-3H3. The van der Waals surface area contributed by atoms with E-state index in [0.29, 0.717) is 12.5 Å². The first kappa shape index (κ1) is 11.9. The number of nitrogens with zero attached hydrogens (tertiary/aromatic N) is 1. The molecular formula is C11H18N2O2. The van der Waals surface area contributed by atoms with Gasteiger partial charge in [0.15, 0.2) is 0 Å². The van der Waals surface area contributed by atoms with Gasteiger partial charge in [-0.3, -0.25) is 0 Å². The minimum atomic E-state index is 0.133. The van der Waals surface area contributed by atoms with Gasteiger partial charge in [-0.1, -0.05) is 13.0 Å². The van der Waals surface area contributed by atoms with Gasteiger partial charge in [0.1, 0.15) is 0 Å². The third kappa shape index (κ3) is 3.85. The first-order valence-electron chi connectivity index (χ1n) is 5.08. The second kappa shape index (κ2) is 5.68. The van der Waals surface area contributed by atoms with Crippen molar-refractivity contribution >= 4 is 0 Å². The van der Waals surface area contributed by atoms with Gasteiger partial charge in [0, 0.05) is 17.7 Å². The third-order valence-corrected chi connectivity index (χ3v) is 1.95. The lowest BCUT2D eigenvalue weighted by molar-refractivity contribution is 0.125. The van der Waals surface area contributed by atoms with Crippen molar-refractivity contribution in [2.45, 2.75) is 32.8 Å². The fourth-order valence-electron chi connectivity index (χ4n) is 1.24. The highest BCUT2D eigenvalue weighted by atomic mass is 16.6. The van der Waals surface area contributed by atoms with Crippen molar-refractivity contribution in [1.29, 1.82) is 0 Å². The van der Waals surface area contributed by atoms with E-state index in [1.807, 2.05) is 39.0 Å². The van der Waals surface area contributed by atoms with Crippen molar-refractivity contribution in [2.24, 2.45) is 5.90 Å². The van der Waals surface area contributed by atoms with Crippen LogP contribution in [0.1, 0.15) is 32.4 Å². The van der Waals surface area contributed by atoms with Crippen LogP contribution in [0, 0.1) is 0 Å². The quantitative estimate of drug-likeness (QED) is 0.754. The Labute approximate surface area is 90.4 Å². The number of nitrogens with two attached hydrogens (primary N) is 1. The average molecular weight is 210 g/mol. The fourth-order valence-corrected chi connectivity index (χ4v) is 1.24. The molecule has 1 heterocycles. The molecule has 1 atom stereocenters. The SMILES string of the molecule is CC(C)Oc1cccc(C(C)CON)n1. The molecule has 84 valence electrons. The lowest BCUT2D eigenvalue weighted by atomic mass is 10.1. The maximum atomic E-state index is 5.50. The zero-order valence-electron chi connectivity index (χ0n) is 9.43. The summed E-state index contributed by atoms with van der Waals surface area (Å²) in [5, 5.41) is 0. The van der Waals surface area contributed by atoms with Crippen molar-refractivity contribution in [3.63, 3.8) is 0 Å². The molecule has 0 radical (unpaired) electrons. The maximum Gasteiger partial charge on any atom is 0.213 e. The van der Waals surface area contributed by atoms with E-state index in [0.717, 1.165) is 5.69 Å². The van der Waals surface area contributed by atoms with Crippen LogP contribution >= 0.6 is 0 Å². The highest BCUT2D eigenvalue weighted by molar-refractivity contribution is 5.18. The van der Waals surface area contributed by atoms with Crippen LogP contribution in [0.25, 0.3) is 0 Å². The minimum absolute atomic E-state index is 0.133. The van der Waals surface area contributed by atoms with Crippen molar-refractivity contribution in [3.05, 3.63) is 23.9 Å². The molecule has 2 N–H and O–H groups in total. The number of hydrogen-bond donors (Lipinski definition) is 1. The molecule has 4 nitrogen and oxygen atoms in total. The summed E-state index contributed by atoms with van der Waals surface area (Å²) in [6.45, 7) is 6.41. The molecule has 1 rings (SSSR count). The minimum Gasteiger partial charge on any atom is -0.475 e. The zero-order valence-corrected chi connectivity index (χ0v) is 9.43. The molecule has 0 aromatic carbocycles. The van der Waals surface area contributed by atoms with Crippen LogP contribution in [0.4, 0.5) is 0 Å². The lowest BCUT2D eigenvalue weighted by Gasteiger charge is -2.12. The second-order valence-electron chi connectivity index (χ2n) is 3.80. The summed E-state index contributed by atoms with van der Waals surface area (Å²) >= 11 is 0. The Balaban J connectivity index is 2.73. The number of hydrogen-bond acceptors (Lipinski definition) is 4. The first-order chi connectivity index (χ1) is 7.13. The summed E-state index contributed by atoms with van der Waals surface area (Å²) in [5.74, 6) is 5.84. The maximum absolute atomic E-state index is 5.50. The molecule has 0 fully saturated rings. The van der Waals surface area contributed by atoms with Crippen LogP contribution < -0.4 is 10.6 Å². The summed E-state index contributed by atoms with van der Waals surface area (Å²) < 4.78 is 5.50. The molecule has 0 aliphatic carbocycles. The van der Waals surface area contributed by atoms with Gasteiger partial charge in [-0.2, -0.15) is 0 Å². The Hall–Kier alpha value is -1.13. The van der Waals surface area contributed by atoms with Crippen LogP contribution in [0.15, 0.2) is 18.2 Å². The van der Waals surface area contributed by atoms with Crippen LogP contribution in [-0.2, 0) is 4.84 Å². The van der Waals surface area contributed by atoms with E-state index < -0.39 is 0 Å². The molecule has 1 aromatic rings. The normalized spacial score (nSPS) is 12.9. The highest BCUT2D eigenvalue weighted by Gasteiger charge is 2.08. The molecule has 0 bridgehead atoms. The molecule has 0 saturated heterocycles. The Bertz CT molecular complexity index is 302. The Kier molecular flexibility index (Phi) is 4.52. The molecule has 1 unspecified atom stereocenters. The third-order valence-electron chi connectivity index (χ3n) is 1.95. The van der Waals surface area contributed by atoms with E-state index >= 15 is 0 Å². The fraction of sp³-hybridized carbons (Fsp3) is 0.545. The number of rotatable bonds is 5. The summed E-state index contributed by atoms with van der Waals surface area (Å²) in [5.41, 5.74) is 0.929. The molecule has 4 heteroatoms. The van der Waals surface area contributed by atoms with Crippen molar-refractivity contribution < 1.29 is 9.57 Å². The van der Waals surface area contributed by atoms with Gasteiger partial charge in [-0.05, 0) is 19.9 Å². The number of aromatic nitrogens is 1. The van der Waals surface area contributed by atoms with E-state index in [4.69, 9.17) is 10.6 Å². The van der Waals surface area contributed by atoms with Crippen LogP contribution in [0.2, 0.25) is 0 Å². The van der Waals surface area contributed by atoms with Crippen molar-refractivity contribution in [3.8, 4) is 5.88 Å². The predicted octanol–water partition coefficient (Wildman–Crippen LogP) is 1.86. The molecule has 15 heavy (non-hydrogen) atoms. The largest absolute Gasteiger partial charge is 0.475 e. The van der Waals surface area contributed by atoms with Gasteiger partial charge in [0.25, 0.3) is 0 Å². The highest BCUT2D eigenvalue weighted by Crippen LogP contribution is 2.16. The summed E-state index contributed by atoms with van der Waals surface area (Å²) in [6.07, 6.45) is 0.133. The van der Waals surface area contributed by atoms with Crippen molar-refractivity contribution in [1.82, 2.24) is 4.98 Å². The van der Waals surface area contributed by atoms with E-state index in [2.05, 4.69) is 9.82 Å². The summed E-state index contributed by atoms with van der Waals surface area (Å²) in [7, 11) is 0. The van der Waals surface area contributed by atoms with Crippen molar-refractivity contribution in [2.75, 3.05) is 6.61 Å². The smallest absolute Gasteiger partial charge is 0.213 e. The number of pyridine rings is 1. The van der Waals surface area contributed by atoms with E-state index in [9.17, 15) is 0 Å². The molecule has 0 aliphatic rings. The summed E-state index contributed by atoms with van der Waals surface area (Å²) in [6, 6.07) is 5.71. The lowest BCUT2D eigenvalue weighted by Crippen LogP contribution is -2.11. The monoisotopic (exact) mass is 210 g/mol. The second-order valence-corrected chi connectivity index (χ2v) is 3.80. The average Bonchev–Trinajstić information content (AvgIpc) is 2.17. The molecular weight excluding hydrogens is 192 g/mol. The van der Waals surface area contributed by atoms with Gasteiger partial charge in [0.05, 0.1) is 12.7 Å². The molecule has 0 aliphatic heterocycles. The van der Waals surface area contributed by atoms with E-state index in [1.165, 1.54) is 0 Å². The summed E-state index contributed by atoms with van der Waals surface area (Å²) in [4.78, 5) is 8.97. The Morgan fingerprint density at radius 3 is 2.67 bits per heavy atom.